The van der Waals surface area contributed by atoms with Gasteiger partial charge in [0.1, 0.15) is 0 Å². The Morgan fingerprint density at radius 2 is 1.71 bits per heavy atom. The minimum absolute atomic E-state index is 0.00526. The second-order valence-electron chi connectivity index (χ2n) is 4.59. The van der Waals surface area contributed by atoms with Crippen LogP contribution in [-0.2, 0) is 0 Å². The first-order valence-electron chi connectivity index (χ1n) is 6.40. The lowest BCUT2D eigenvalue weighted by Gasteiger charge is -2.07. The van der Waals surface area contributed by atoms with Crippen molar-refractivity contribution in [2.45, 2.75) is 0 Å². The lowest BCUT2D eigenvalue weighted by molar-refractivity contribution is 0.0690. The highest BCUT2D eigenvalue weighted by molar-refractivity contribution is 5.87. The molecule has 3 N–H and O–H groups in total. The van der Waals surface area contributed by atoms with Crippen molar-refractivity contribution in [2.75, 3.05) is 5.73 Å². The number of anilines is 1. The summed E-state index contributed by atoms with van der Waals surface area (Å²) in [5.74, 6) is -1.05. The van der Waals surface area contributed by atoms with Gasteiger partial charge in [-0.3, -0.25) is 0 Å². The van der Waals surface area contributed by atoms with Crippen molar-refractivity contribution < 1.29 is 9.90 Å². The molecule has 0 amide bonds. The van der Waals surface area contributed by atoms with E-state index in [0.717, 1.165) is 16.9 Å². The van der Waals surface area contributed by atoms with E-state index >= 15 is 0 Å². The van der Waals surface area contributed by atoms with Crippen LogP contribution in [0, 0.1) is 0 Å². The summed E-state index contributed by atoms with van der Waals surface area (Å²) in [5.41, 5.74) is 8.71. The van der Waals surface area contributed by atoms with Crippen LogP contribution in [0.3, 0.4) is 0 Å². The third-order valence-corrected chi connectivity index (χ3v) is 3.14. The zero-order valence-corrected chi connectivity index (χ0v) is 11.1. The van der Waals surface area contributed by atoms with E-state index in [1.54, 1.807) is 35.0 Å². The van der Waals surface area contributed by atoms with Crippen molar-refractivity contribution in [1.82, 2.24) is 9.78 Å². The van der Waals surface area contributed by atoms with E-state index in [1.807, 2.05) is 30.3 Å². The molecule has 3 rings (SSSR count). The topological polar surface area (TPSA) is 81.1 Å². The van der Waals surface area contributed by atoms with Crippen LogP contribution in [0.15, 0.2) is 60.7 Å². The van der Waals surface area contributed by atoms with Crippen LogP contribution in [0.2, 0.25) is 0 Å². The molecule has 0 radical (unpaired) electrons. The van der Waals surface area contributed by atoms with E-state index in [1.165, 1.54) is 0 Å². The van der Waals surface area contributed by atoms with Gasteiger partial charge in [0.15, 0.2) is 5.69 Å². The molecule has 3 aromatic rings. The Morgan fingerprint density at radius 3 is 2.33 bits per heavy atom. The van der Waals surface area contributed by atoms with Gasteiger partial charge in [0, 0.05) is 11.3 Å². The number of carbonyl (C=O) groups is 1. The maximum atomic E-state index is 11.2. The fourth-order valence-electron chi connectivity index (χ4n) is 2.11. The molecule has 0 aliphatic rings. The van der Waals surface area contributed by atoms with E-state index in [0.29, 0.717) is 5.69 Å². The summed E-state index contributed by atoms with van der Waals surface area (Å²) in [5, 5.41) is 13.3. The molecule has 1 heterocycles. The first-order valence-corrected chi connectivity index (χ1v) is 6.40. The molecule has 5 heteroatoms. The first-order chi connectivity index (χ1) is 10.1. The first kappa shape index (κ1) is 12.9. The molecule has 0 fully saturated rings. The number of carboxylic acid groups (broad SMARTS) is 1. The highest BCUT2D eigenvalue weighted by atomic mass is 16.4. The number of hydrogen-bond donors (Lipinski definition) is 2. The van der Waals surface area contributed by atoms with Crippen LogP contribution in [0.25, 0.3) is 16.9 Å². The SMILES string of the molecule is Nc1ccc(-n2nc(C(=O)O)cc2-c2ccccc2)cc1. The summed E-state index contributed by atoms with van der Waals surface area (Å²) in [6.07, 6.45) is 0. The zero-order chi connectivity index (χ0) is 14.8. The fourth-order valence-corrected chi connectivity index (χ4v) is 2.11. The standard InChI is InChI=1S/C16H13N3O2/c17-12-6-8-13(9-7-12)19-15(10-14(18-19)16(20)21)11-4-2-1-3-5-11/h1-10H,17H2,(H,20,21). The van der Waals surface area contributed by atoms with E-state index < -0.39 is 5.97 Å². The molecule has 5 nitrogen and oxygen atoms in total. The largest absolute Gasteiger partial charge is 0.476 e. The second kappa shape index (κ2) is 5.13. The maximum Gasteiger partial charge on any atom is 0.356 e. The predicted octanol–water partition coefficient (Wildman–Crippen LogP) is 2.82. The predicted molar refractivity (Wildman–Crippen MR) is 80.4 cm³/mol. The van der Waals surface area contributed by atoms with Crippen molar-refractivity contribution in [3.63, 3.8) is 0 Å². The number of nitrogen functional groups attached to an aromatic ring is 1. The molecular weight excluding hydrogens is 266 g/mol. The van der Waals surface area contributed by atoms with Gasteiger partial charge in [-0.2, -0.15) is 5.10 Å². The van der Waals surface area contributed by atoms with Crippen molar-refractivity contribution in [3.05, 3.63) is 66.4 Å². The summed E-state index contributed by atoms with van der Waals surface area (Å²) in [7, 11) is 0. The summed E-state index contributed by atoms with van der Waals surface area (Å²) >= 11 is 0. The van der Waals surface area contributed by atoms with Gasteiger partial charge in [-0.1, -0.05) is 30.3 Å². The molecule has 0 bridgehead atoms. The van der Waals surface area contributed by atoms with Gasteiger partial charge in [0.05, 0.1) is 11.4 Å². The number of rotatable bonds is 3. The third kappa shape index (κ3) is 2.49. The molecule has 0 aliphatic heterocycles. The number of benzene rings is 2. The molecule has 0 atom stereocenters. The Labute approximate surface area is 121 Å². The average molecular weight is 279 g/mol. The number of hydrogen-bond acceptors (Lipinski definition) is 3. The van der Waals surface area contributed by atoms with Gasteiger partial charge in [0.25, 0.3) is 0 Å². The minimum atomic E-state index is -1.05. The van der Waals surface area contributed by atoms with Crippen LogP contribution in [-0.4, -0.2) is 20.9 Å². The van der Waals surface area contributed by atoms with E-state index in [-0.39, 0.29) is 5.69 Å². The van der Waals surface area contributed by atoms with Gasteiger partial charge in [-0.25, -0.2) is 9.48 Å². The molecule has 0 aliphatic carbocycles. The summed E-state index contributed by atoms with van der Waals surface area (Å²) < 4.78 is 1.61. The van der Waals surface area contributed by atoms with Crippen molar-refractivity contribution in [3.8, 4) is 16.9 Å². The maximum absolute atomic E-state index is 11.2. The number of aromatic nitrogens is 2. The molecule has 104 valence electrons. The summed E-state index contributed by atoms with van der Waals surface area (Å²) in [4.78, 5) is 11.2. The molecule has 1 aromatic heterocycles. The number of nitrogens with zero attached hydrogens (tertiary/aromatic N) is 2. The summed E-state index contributed by atoms with van der Waals surface area (Å²) in [6, 6.07) is 18.2. The van der Waals surface area contributed by atoms with Gasteiger partial charge >= 0.3 is 5.97 Å². The smallest absolute Gasteiger partial charge is 0.356 e. The molecule has 0 unspecified atom stereocenters. The fraction of sp³-hybridized carbons (Fsp3) is 0. The number of aromatic carboxylic acids is 1. The number of carboxylic acids is 1. The highest BCUT2D eigenvalue weighted by Crippen LogP contribution is 2.24. The summed E-state index contributed by atoms with van der Waals surface area (Å²) in [6.45, 7) is 0. The lowest BCUT2D eigenvalue weighted by atomic mass is 10.1. The van der Waals surface area contributed by atoms with Gasteiger partial charge in [-0.05, 0) is 30.3 Å². The normalized spacial score (nSPS) is 10.5. The quantitative estimate of drug-likeness (QED) is 0.722. The average Bonchev–Trinajstić information content (AvgIpc) is 2.94. The molecule has 0 spiro atoms. The van der Waals surface area contributed by atoms with E-state index in [4.69, 9.17) is 10.8 Å². The highest BCUT2D eigenvalue weighted by Gasteiger charge is 2.15. The molecule has 0 saturated carbocycles. The Balaban J connectivity index is 2.19. The van der Waals surface area contributed by atoms with Crippen LogP contribution < -0.4 is 5.73 Å². The van der Waals surface area contributed by atoms with Crippen LogP contribution in [0.5, 0.6) is 0 Å². The molecule has 0 saturated heterocycles. The van der Waals surface area contributed by atoms with Crippen LogP contribution in [0.4, 0.5) is 5.69 Å². The zero-order valence-electron chi connectivity index (χ0n) is 11.1. The Bertz CT molecular complexity index is 777. The Morgan fingerprint density at radius 1 is 1.05 bits per heavy atom. The van der Waals surface area contributed by atoms with E-state index in [2.05, 4.69) is 5.10 Å². The second-order valence-corrected chi connectivity index (χ2v) is 4.59. The van der Waals surface area contributed by atoms with Crippen molar-refractivity contribution in [2.24, 2.45) is 0 Å². The third-order valence-electron chi connectivity index (χ3n) is 3.14. The lowest BCUT2D eigenvalue weighted by Crippen LogP contribution is -2.02. The monoisotopic (exact) mass is 279 g/mol. The minimum Gasteiger partial charge on any atom is -0.476 e. The van der Waals surface area contributed by atoms with Crippen LogP contribution in [0.1, 0.15) is 10.5 Å². The molecular formula is C16H13N3O2. The van der Waals surface area contributed by atoms with Gasteiger partial charge in [0.2, 0.25) is 0 Å². The van der Waals surface area contributed by atoms with Crippen LogP contribution >= 0.6 is 0 Å². The van der Waals surface area contributed by atoms with Crippen molar-refractivity contribution in [1.29, 1.82) is 0 Å². The molecule has 21 heavy (non-hydrogen) atoms. The molecule has 2 aromatic carbocycles. The Hall–Kier alpha value is -3.08. The van der Waals surface area contributed by atoms with Gasteiger partial charge < -0.3 is 10.8 Å². The van der Waals surface area contributed by atoms with Gasteiger partial charge in [-0.15, -0.1) is 0 Å². The number of nitrogens with two attached hydrogens (primary N) is 1. The Kier molecular flexibility index (Phi) is 3.16. The van der Waals surface area contributed by atoms with E-state index in [9.17, 15) is 4.79 Å². The van der Waals surface area contributed by atoms with Crippen molar-refractivity contribution >= 4 is 11.7 Å².